The summed E-state index contributed by atoms with van der Waals surface area (Å²) >= 11 is 0. The fraction of sp³-hybridized carbons (Fsp3) is 0.308. The number of rotatable bonds is 3. The third kappa shape index (κ3) is 2.56. The molecule has 5 nitrogen and oxygen atoms in total. The Bertz CT molecular complexity index is 452. The minimum Gasteiger partial charge on any atom is -0.363 e. The molecule has 0 fully saturated rings. The minimum absolute atomic E-state index is 0.832. The molecule has 0 aliphatic heterocycles. The van der Waals surface area contributed by atoms with Crippen LogP contribution in [0, 0.1) is 0 Å². The molecule has 94 valence electrons. The van der Waals surface area contributed by atoms with Crippen molar-refractivity contribution in [2.45, 2.75) is 0 Å². The Balaban J connectivity index is 2.25. The van der Waals surface area contributed by atoms with E-state index in [0.717, 1.165) is 22.9 Å². The second kappa shape index (κ2) is 5.00. The van der Waals surface area contributed by atoms with E-state index in [1.807, 2.05) is 68.5 Å². The maximum atomic E-state index is 4.36. The Labute approximate surface area is 107 Å². The van der Waals surface area contributed by atoms with Gasteiger partial charge in [-0.05, 0) is 24.3 Å². The molecule has 0 unspecified atom stereocenters. The van der Waals surface area contributed by atoms with E-state index in [9.17, 15) is 0 Å². The lowest BCUT2D eigenvalue weighted by Gasteiger charge is -2.12. The van der Waals surface area contributed by atoms with Gasteiger partial charge >= 0.3 is 0 Å². The smallest absolute Gasteiger partial charge is 0.150 e. The van der Waals surface area contributed by atoms with Gasteiger partial charge in [0.1, 0.15) is 5.82 Å². The molecule has 0 bridgehead atoms. The minimum atomic E-state index is 0.832. The summed E-state index contributed by atoms with van der Waals surface area (Å²) < 4.78 is 0. The lowest BCUT2D eigenvalue weighted by molar-refractivity contribution is 0.967. The molecule has 2 heterocycles. The van der Waals surface area contributed by atoms with E-state index in [0.29, 0.717) is 0 Å². The SMILES string of the molecule is CN(C)c1ccc(-c2ccc(N(C)C)nn2)cn1. The third-order valence-electron chi connectivity index (χ3n) is 2.61. The molecule has 2 rings (SSSR count). The number of anilines is 2. The van der Waals surface area contributed by atoms with Gasteiger partial charge in [-0.2, -0.15) is 0 Å². The van der Waals surface area contributed by atoms with E-state index in [1.54, 1.807) is 0 Å². The highest BCUT2D eigenvalue weighted by Gasteiger charge is 2.03. The van der Waals surface area contributed by atoms with Crippen molar-refractivity contribution in [3.63, 3.8) is 0 Å². The van der Waals surface area contributed by atoms with Gasteiger partial charge in [0, 0.05) is 40.0 Å². The summed E-state index contributed by atoms with van der Waals surface area (Å²) in [6.07, 6.45) is 1.81. The first-order chi connectivity index (χ1) is 8.58. The van der Waals surface area contributed by atoms with Crippen molar-refractivity contribution >= 4 is 11.6 Å². The van der Waals surface area contributed by atoms with Gasteiger partial charge in [0.05, 0.1) is 5.69 Å². The van der Waals surface area contributed by atoms with Gasteiger partial charge in [0.2, 0.25) is 0 Å². The van der Waals surface area contributed by atoms with E-state index in [2.05, 4.69) is 15.2 Å². The molecule has 0 aliphatic carbocycles. The molecule has 18 heavy (non-hydrogen) atoms. The van der Waals surface area contributed by atoms with E-state index in [-0.39, 0.29) is 0 Å². The van der Waals surface area contributed by atoms with E-state index in [1.165, 1.54) is 0 Å². The first-order valence-corrected chi connectivity index (χ1v) is 5.73. The number of aromatic nitrogens is 3. The molecule has 0 N–H and O–H groups in total. The highest BCUT2D eigenvalue weighted by molar-refractivity contribution is 5.60. The zero-order valence-electron chi connectivity index (χ0n) is 11.1. The van der Waals surface area contributed by atoms with E-state index < -0.39 is 0 Å². The Morgan fingerprint density at radius 1 is 0.778 bits per heavy atom. The monoisotopic (exact) mass is 243 g/mol. The predicted molar refractivity (Wildman–Crippen MR) is 73.9 cm³/mol. The molecular weight excluding hydrogens is 226 g/mol. The molecule has 0 amide bonds. The summed E-state index contributed by atoms with van der Waals surface area (Å²) in [5, 5.41) is 8.35. The zero-order chi connectivity index (χ0) is 13.1. The Kier molecular flexibility index (Phi) is 3.41. The Morgan fingerprint density at radius 3 is 1.89 bits per heavy atom. The van der Waals surface area contributed by atoms with Crippen LogP contribution < -0.4 is 9.80 Å². The number of nitrogens with zero attached hydrogens (tertiary/aromatic N) is 5. The first kappa shape index (κ1) is 12.3. The summed E-state index contributed by atoms with van der Waals surface area (Å²) in [6, 6.07) is 7.87. The summed E-state index contributed by atoms with van der Waals surface area (Å²) in [7, 11) is 7.82. The van der Waals surface area contributed by atoms with Crippen LogP contribution >= 0.6 is 0 Å². The molecule has 2 aromatic rings. The van der Waals surface area contributed by atoms with Crippen LogP contribution in [-0.2, 0) is 0 Å². The molecule has 0 saturated heterocycles. The zero-order valence-corrected chi connectivity index (χ0v) is 11.1. The van der Waals surface area contributed by atoms with E-state index in [4.69, 9.17) is 0 Å². The summed E-state index contributed by atoms with van der Waals surface area (Å²) in [5.74, 6) is 1.77. The van der Waals surface area contributed by atoms with Crippen molar-refractivity contribution in [1.29, 1.82) is 0 Å². The highest BCUT2D eigenvalue weighted by atomic mass is 15.2. The van der Waals surface area contributed by atoms with Crippen LogP contribution in [0.2, 0.25) is 0 Å². The number of hydrogen-bond acceptors (Lipinski definition) is 5. The van der Waals surface area contributed by atoms with Crippen molar-refractivity contribution in [2.24, 2.45) is 0 Å². The largest absolute Gasteiger partial charge is 0.363 e. The van der Waals surface area contributed by atoms with Crippen molar-refractivity contribution in [1.82, 2.24) is 15.2 Å². The molecule has 5 heteroatoms. The van der Waals surface area contributed by atoms with Crippen molar-refractivity contribution in [3.8, 4) is 11.3 Å². The van der Waals surface area contributed by atoms with Crippen LogP contribution in [0.25, 0.3) is 11.3 Å². The standard InChI is InChI=1S/C13H17N5/c1-17(2)12-7-5-10(9-14-12)11-6-8-13(16-15-11)18(3)4/h5-9H,1-4H3. The van der Waals surface area contributed by atoms with Gasteiger partial charge in [0.15, 0.2) is 5.82 Å². The molecule has 0 saturated carbocycles. The number of hydrogen-bond donors (Lipinski definition) is 0. The van der Waals surface area contributed by atoms with E-state index >= 15 is 0 Å². The fourth-order valence-electron chi connectivity index (χ4n) is 1.52. The lowest BCUT2D eigenvalue weighted by atomic mass is 10.2. The second-order valence-corrected chi connectivity index (χ2v) is 4.47. The topological polar surface area (TPSA) is 45.2 Å². The Hall–Kier alpha value is -2.17. The quantitative estimate of drug-likeness (QED) is 0.820. The third-order valence-corrected chi connectivity index (χ3v) is 2.61. The molecular formula is C13H17N5. The predicted octanol–water partition coefficient (Wildman–Crippen LogP) is 1.67. The first-order valence-electron chi connectivity index (χ1n) is 5.73. The van der Waals surface area contributed by atoms with Crippen molar-refractivity contribution in [3.05, 3.63) is 30.5 Å². The van der Waals surface area contributed by atoms with Crippen LogP contribution in [0.1, 0.15) is 0 Å². The normalized spacial score (nSPS) is 10.2. The maximum absolute atomic E-state index is 4.36. The van der Waals surface area contributed by atoms with Crippen LogP contribution in [0.15, 0.2) is 30.5 Å². The van der Waals surface area contributed by atoms with Crippen molar-refractivity contribution in [2.75, 3.05) is 38.0 Å². The van der Waals surface area contributed by atoms with Gasteiger partial charge in [-0.15, -0.1) is 10.2 Å². The van der Waals surface area contributed by atoms with Crippen LogP contribution in [0.3, 0.4) is 0 Å². The summed E-state index contributed by atoms with van der Waals surface area (Å²) in [4.78, 5) is 8.24. The van der Waals surface area contributed by atoms with Gasteiger partial charge in [0.25, 0.3) is 0 Å². The highest BCUT2D eigenvalue weighted by Crippen LogP contribution is 2.18. The Morgan fingerprint density at radius 2 is 1.44 bits per heavy atom. The average Bonchev–Trinajstić information content (AvgIpc) is 2.39. The van der Waals surface area contributed by atoms with Crippen molar-refractivity contribution < 1.29 is 0 Å². The fourth-order valence-corrected chi connectivity index (χ4v) is 1.52. The lowest BCUT2D eigenvalue weighted by Crippen LogP contribution is -2.11. The van der Waals surface area contributed by atoms with Crippen LogP contribution in [0.5, 0.6) is 0 Å². The molecule has 0 spiro atoms. The molecule has 2 aromatic heterocycles. The molecule has 0 radical (unpaired) electrons. The number of pyridine rings is 1. The average molecular weight is 243 g/mol. The molecule has 0 aliphatic rings. The molecule has 0 atom stereocenters. The second-order valence-electron chi connectivity index (χ2n) is 4.47. The maximum Gasteiger partial charge on any atom is 0.150 e. The van der Waals surface area contributed by atoms with Gasteiger partial charge in [-0.25, -0.2) is 4.98 Å². The van der Waals surface area contributed by atoms with Gasteiger partial charge in [-0.1, -0.05) is 0 Å². The van der Waals surface area contributed by atoms with Gasteiger partial charge < -0.3 is 9.80 Å². The summed E-state index contributed by atoms with van der Waals surface area (Å²) in [5.41, 5.74) is 1.80. The van der Waals surface area contributed by atoms with Crippen LogP contribution in [-0.4, -0.2) is 43.4 Å². The van der Waals surface area contributed by atoms with Crippen LogP contribution in [0.4, 0.5) is 11.6 Å². The molecule has 0 aromatic carbocycles. The summed E-state index contributed by atoms with van der Waals surface area (Å²) in [6.45, 7) is 0. The van der Waals surface area contributed by atoms with Gasteiger partial charge in [-0.3, -0.25) is 0 Å².